The molecule has 17 heavy (non-hydrogen) atoms. The van der Waals surface area contributed by atoms with Gasteiger partial charge in [-0.2, -0.15) is 0 Å². The van der Waals surface area contributed by atoms with E-state index in [9.17, 15) is 4.79 Å². The largest absolute Gasteiger partial charge is 0.478 e. The number of aryl methyl sites for hydroxylation is 1. The van der Waals surface area contributed by atoms with Crippen molar-refractivity contribution in [3.63, 3.8) is 0 Å². The number of benzene rings is 1. The van der Waals surface area contributed by atoms with Crippen molar-refractivity contribution in [3.05, 3.63) is 40.4 Å². The van der Waals surface area contributed by atoms with Crippen LogP contribution in [0.25, 0.3) is 10.6 Å². The second kappa shape index (κ2) is 4.85. The molecule has 2 rings (SSSR count). The molecule has 0 saturated carbocycles. The van der Waals surface area contributed by atoms with E-state index in [1.54, 1.807) is 24.3 Å². The minimum atomic E-state index is -0.923. The highest BCUT2D eigenvalue weighted by Crippen LogP contribution is 2.28. The average Bonchev–Trinajstić information content (AvgIpc) is 2.70. The first-order chi connectivity index (χ1) is 8.11. The first-order valence-corrected chi connectivity index (χ1v) is 6.33. The van der Waals surface area contributed by atoms with Gasteiger partial charge in [-0.1, -0.05) is 12.1 Å². The SMILES string of the molecule is Cc1nc(-c2ccc(C(=O)O)cc2)sc1CCl. The quantitative estimate of drug-likeness (QED) is 0.865. The van der Waals surface area contributed by atoms with Crippen LogP contribution in [0.5, 0.6) is 0 Å². The van der Waals surface area contributed by atoms with Crippen molar-refractivity contribution in [1.82, 2.24) is 4.98 Å². The van der Waals surface area contributed by atoms with Crippen LogP contribution >= 0.6 is 22.9 Å². The van der Waals surface area contributed by atoms with Crippen LogP contribution in [0.2, 0.25) is 0 Å². The lowest BCUT2D eigenvalue weighted by Crippen LogP contribution is -1.94. The Kier molecular flexibility index (Phi) is 3.45. The summed E-state index contributed by atoms with van der Waals surface area (Å²) in [6.07, 6.45) is 0. The molecule has 1 N–H and O–H groups in total. The number of nitrogens with zero attached hydrogens (tertiary/aromatic N) is 1. The van der Waals surface area contributed by atoms with Crippen LogP contribution in [0.4, 0.5) is 0 Å². The number of thiazole rings is 1. The van der Waals surface area contributed by atoms with E-state index < -0.39 is 5.97 Å². The summed E-state index contributed by atoms with van der Waals surface area (Å²) in [4.78, 5) is 16.2. The number of hydrogen-bond donors (Lipinski definition) is 1. The minimum absolute atomic E-state index is 0.277. The van der Waals surface area contributed by atoms with Crippen LogP contribution < -0.4 is 0 Å². The van der Waals surface area contributed by atoms with Gasteiger partial charge in [0.05, 0.1) is 17.1 Å². The molecule has 0 radical (unpaired) electrons. The lowest BCUT2D eigenvalue weighted by molar-refractivity contribution is 0.0697. The zero-order valence-corrected chi connectivity index (χ0v) is 10.7. The maximum atomic E-state index is 10.7. The van der Waals surface area contributed by atoms with Gasteiger partial charge in [-0.05, 0) is 19.1 Å². The Balaban J connectivity index is 2.36. The molecule has 1 aromatic heterocycles. The van der Waals surface area contributed by atoms with E-state index in [1.165, 1.54) is 11.3 Å². The molecule has 0 amide bonds. The number of aromatic carboxylic acids is 1. The van der Waals surface area contributed by atoms with Crippen molar-refractivity contribution in [2.45, 2.75) is 12.8 Å². The van der Waals surface area contributed by atoms with Crippen molar-refractivity contribution >= 4 is 28.9 Å². The molecule has 88 valence electrons. The minimum Gasteiger partial charge on any atom is -0.478 e. The standard InChI is InChI=1S/C12H10ClNO2S/c1-7-10(6-13)17-11(14-7)8-2-4-9(5-3-8)12(15)16/h2-5H,6H2,1H3,(H,15,16). The van der Waals surface area contributed by atoms with Gasteiger partial charge in [0, 0.05) is 10.4 Å². The summed E-state index contributed by atoms with van der Waals surface area (Å²) < 4.78 is 0. The Morgan fingerprint density at radius 3 is 2.53 bits per heavy atom. The van der Waals surface area contributed by atoms with Crippen LogP contribution in [0.15, 0.2) is 24.3 Å². The molecule has 2 aromatic rings. The fraction of sp³-hybridized carbons (Fsp3) is 0.167. The summed E-state index contributed by atoms with van der Waals surface area (Å²) in [5.74, 6) is -0.468. The van der Waals surface area contributed by atoms with Gasteiger partial charge in [-0.15, -0.1) is 22.9 Å². The summed E-state index contributed by atoms with van der Waals surface area (Å²) >= 11 is 7.33. The van der Waals surface area contributed by atoms with E-state index in [1.807, 2.05) is 6.92 Å². The molecule has 0 bridgehead atoms. The second-order valence-electron chi connectivity index (χ2n) is 3.54. The van der Waals surface area contributed by atoms with Gasteiger partial charge in [0.1, 0.15) is 5.01 Å². The van der Waals surface area contributed by atoms with E-state index >= 15 is 0 Å². The second-order valence-corrected chi connectivity index (χ2v) is 4.89. The fourth-order valence-electron chi connectivity index (χ4n) is 1.43. The van der Waals surface area contributed by atoms with Crippen LogP contribution in [0, 0.1) is 6.92 Å². The molecule has 0 aliphatic carbocycles. The third-order valence-corrected chi connectivity index (χ3v) is 4.03. The van der Waals surface area contributed by atoms with Crippen molar-refractivity contribution in [2.75, 3.05) is 0 Å². The summed E-state index contributed by atoms with van der Waals surface area (Å²) in [6.45, 7) is 1.92. The highest BCUT2D eigenvalue weighted by atomic mass is 35.5. The van der Waals surface area contributed by atoms with Crippen molar-refractivity contribution in [3.8, 4) is 10.6 Å². The Morgan fingerprint density at radius 2 is 2.06 bits per heavy atom. The lowest BCUT2D eigenvalue weighted by atomic mass is 10.1. The molecule has 0 spiro atoms. The zero-order chi connectivity index (χ0) is 12.4. The average molecular weight is 268 g/mol. The smallest absolute Gasteiger partial charge is 0.335 e. The molecule has 0 fully saturated rings. The number of alkyl halides is 1. The topological polar surface area (TPSA) is 50.2 Å². The Bertz CT molecular complexity index is 548. The van der Waals surface area contributed by atoms with Gasteiger partial charge in [-0.3, -0.25) is 0 Å². The zero-order valence-electron chi connectivity index (χ0n) is 9.11. The Labute approximate surface area is 108 Å². The maximum Gasteiger partial charge on any atom is 0.335 e. The molecule has 0 saturated heterocycles. The first kappa shape index (κ1) is 12.1. The highest BCUT2D eigenvalue weighted by Gasteiger charge is 2.09. The predicted molar refractivity (Wildman–Crippen MR) is 68.8 cm³/mol. The van der Waals surface area contributed by atoms with Crippen LogP contribution in [0.1, 0.15) is 20.9 Å². The van der Waals surface area contributed by atoms with Crippen LogP contribution in [-0.4, -0.2) is 16.1 Å². The van der Waals surface area contributed by atoms with Gasteiger partial charge in [-0.25, -0.2) is 9.78 Å². The highest BCUT2D eigenvalue weighted by molar-refractivity contribution is 7.15. The monoisotopic (exact) mass is 267 g/mol. The normalized spacial score (nSPS) is 10.5. The first-order valence-electron chi connectivity index (χ1n) is 4.98. The molecule has 1 heterocycles. The number of carboxylic acids is 1. The number of carboxylic acid groups (broad SMARTS) is 1. The lowest BCUT2D eigenvalue weighted by Gasteiger charge is -1.97. The molecule has 1 aromatic carbocycles. The van der Waals surface area contributed by atoms with Gasteiger partial charge in [0.2, 0.25) is 0 Å². The number of carbonyl (C=O) groups is 1. The Morgan fingerprint density at radius 1 is 1.41 bits per heavy atom. The van der Waals surface area contributed by atoms with Gasteiger partial charge in [0.15, 0.2) is 0 Å². The van der Waals surface area contributed by atoms with Crippen molar-refractivity contribution < 1.29 is 9.90 Å². The predicted octanol–water partition coefficient (Wildman–Crippen LogP) is 3.56. The summed E-state index contributed by atoms with van der Waals surface area (Å²) in [5.41, 5.74) is 2.13. The number of hydrogen-bond acceptors (Lipinski definition) is 3. The maximum absolute atomic E-state index is 10.7. The molecule has 0 aliphatic heterocycles. The van der Waals surface area contributed by atoms with Crippen LogP contribution in [0.3, 0.4) is 0 Å². The number of aromatic nitrogens is 1. The molecule has 0 unspecified atom stereocenters. The molecular weight excluding hydrogens is 258 g/mol. The van der Waals surface area contributed by atoms with E-state index in [0.717, 1.165) is 21.1 Å². The number of rotatable bonds is 3. The third-order valence-electron chi connectivity index (χ3n) is 2.39. The molecule has 5 heteroatoms. The summed E-state index contributed by atoms with van der Waals surface area (Å²) in [5, 5.41) is 9.67. The van der Waals surface area contributed by atoms with Gasteiger partial charge in [0.25, 0.3) is 0 Å². The summed E-state index contributed by atoms with van der Waals surface area (Å²) in [6, 6.07) is 6.68. The molecule has 3 nitrogen and oxygen atoms in total. The number of halogens is 1. The van der Waals surface area contributed by atoms with E-state index in [0.29, 0.717) is 5.88 Å². The molecular formula is C12H10ClNO2S. The third kappa shape index (κ3) is 2.48. The Hall–Kier alpha value is -1.39. The summed E-state index contributed by atoms with van der Waals surface area (Å²) in [7, 11) is 0. The molecule has 0 atom stereocenters. The fourth-order valence-corrected chi connectivity index (χ4v) is 2.71. The van der Waals surface area contributed by atoms with Gasteiger partial charge < -0.3 is 5.11 Å². The van der Waals surface area contributed by atoms with Crippen molar-refractivity contribution in [2.24, 2.45) is 0 Å². The van der Waals surface area contributed by atoms with Crippen LogP contribution in [-0.2, 0) is 5.88 Å². The van der Waals surface area contributed by atoms with Crippen molar-refractivity contribution in [1.29, 1.82) is 0 Å². The van der Waals surface area contributed by atoms with E-state index in [-0.39, 0.29) is 5.56 Å². The van der Waals surface area contributed by atoms with Gasteiger partial charge >= 0.3 is 5.97 Å². The van der Waals surface area contributed by atoms with E-state index in [2.05, 4.69) is 4.98 Å². The molecule has 0 aliphatic rings. The van der Waals surface area contributed by atoms with E-state index in [4.69, 9.17) is 16.7 Å².